The molecule has 1 heterocycles. The van der Waals surface area contributed by atoms with Gasteiger partial charge >= 0.3 is 0 Å². The minimum atomic E-state index is -3.55. The van der Waals surface area contributed by atoms with Gasteiger partial charge in [0.05, 0.1) is 6.61 Å². The van der Waals surface area contributed by atoms with Crippen molar-refractivity contribution in [3.8, 4) is 0 Å². The number of sulfonamides is 1. The topological polar surface area (TPSA) is 94.3 Å². The highest BCUT2D eigenvalue weighted by Gasteiger charge is 2.19. The van der Waals surface area contributed by atoms with E-state index in [9.17, 15) is 8.42 Å². The summed E-state index contributed by atoms with van der Waals surface area (Å²) in [6.45, 7) is 0.681. The smallest absolute Gasteiger partial charge is 0.242 e. The molecule has 3 N–H and O–H groups in total. The molecule has 0 saturated carbocycles. The number of nitrogens with one attached hydrogen (secondary N) is 1. The summed E-state index contributed by atoms with van der Waals surface area (Å²) in [5.74, 6) is 0. The molecule has 0 spiro atoms. The summed E-state index contributed by atoms with van der Waals surface area (Å²) >= 11 is 0. The molecule has 1 unspecified atom stereocenters. The lowest BCUT2D eigenvalue weighted by Crippen LogP contribution is -2.39. The molecule has 0 aliphatic carbocycles. The Bertz CT molecular complexity index is 416. The summed E-state index contributed by atoms with van der Waals surface area (Å²) in [7, 11) is -2.04. The maximum absolute atomic E-state index is 11.9. The standard InChI is InChI=1S/C10H17N3O3S/c1-16-8-9(4-5-11)13-17(14,15)10-3-2-6-12-7-10/h2-3,6-7,9,13H,4-5,8,11H2,1H3. The molecular weight excluding hydrogens is 242 g/mol. The molecule has 1 rings (SSSR count). The summed E-state index contributed by atoms with van der Waals surface area (Å²) < 4.78 is 31.4. The molecule has 1 aromatic rings. The van der Waals surface area contributed by atoms with Crippen LogP contribution >= 0.6 is 0 Å². The van der Waals surface area contributed by atoms with E-state index in [4.69, 9.17) is 10.5 Å². The van der Waals surface area contributed by atoms with Crippen LogP contribution in [0.15, 0.2) is 29.4 Å². The van der Waals surface area contributed by atoms with Gasteiger partial charge in [-0.25, -0.2) is 13.1 Å². The van der Waals surface area contributed by atoms with Crippen LogP contribution in [0.4, 0.5) is 0 Å². The van der Waals surface area contributed by atoms with Gasteiger partial charge < -0.3 is 10.5 Å². The highest BCUT2D eigenvalue weighted by Crippen LogP contribution is 2.07. The Morgan fingerprint density at radius 1 is 1.59 bits per heavy atom. The monoisotopic (exact) mass is 259 g/mol. The summed E-state index contributed by atoms with van der Waals surface area (Å²) in [6, 6.07) is 2.74. The van der Waals surface area contributed by atoms with Gasteiger partial charge in [0.1, 0.15) is 4.90 Å². The van der Waals surface area contributed by atoms with Crippen molar-refractivity contribution in [1.29, 1.82) is 0 Å². The number of nitrogens with two attached hydrogens (primary N) is 1. The van der Waals surface area contributed by atoms with Crippen molar-refractivity contribution in [2.45, 2.75) is 17.4 Å². The van der Waals surface area contributed by atoms with Crippen molar-refractivity contribution in [3.05, 3.63) is 24.5 Å². The van der Waals surface area contributed by atoms with Gasteiger partial charge in [-0.05, 0) is 25.1 Å². The van der Waals surface area contributed by atoms with Crippen LogP contribution < -0.4 is 10.5 Å². The van der Waals surface area contributed by atoms with Gasteiger partial charge in [-0.1, -0.05) is 0 Å². The maximum atomic E-state index is 11.9. The van der Waals surface area contributed by atoms with Gasteiger partial charge in [-0.3, -0.25) is 4.98 Å². The first-order chi connectivity index (χ1) is 8.10. The van der Waals surface area contributed by atoms with E-state index >= 15 is 0 Å². The summed E-state index contributed by atoms with van der Waals surface area (Å²) in [6.07, 6.45) is 3.34. The van der Waals surface area contributed by atoms with E-state index in [1.54, 1.807) is 6.07 Å². The van der Waals surface area contributed by atoms with Crippen LogP contribution in [0.2, 0.25) is 0 Å². The van der Waals surface area contributed by atoms with E-state index in [2.05, 4.69) is 9.71 Å². The van der Waals surface area contributed by atoms with Crippen molar-refractivity contribution in [1.82, 2.24) is 9.71 Å². The molecule has 7 heteroatoms. The third kappa shape index (κ3) is 4.39. The molecule has 96 valence electrons. The number of ether oxygens (including phenoxy) is 1. The zero-order chi connectivity index (χ0) is 12.7. The molecule has 6 nitrogen and oxygen atoms in total. The lowest BCUT2D eigenvalue weighted by atomic mass is 10.2. The minimum Gasteiger partial charge on any atom is -0.383 e. The van der Waals surface area contributed by atoms with Crippen LogP contribution in [0.25, 0.3) is 0 Å². The number of hydrogen-bond donors (Lipinski definition) is 2. The van der Waals surface area contributed by atoms with E-state index < -0.39 is 10.0 Å². The van der Waals surface area contributed by atoms with Crippen LogP contribution in [0.1, 0.15) is 6.42 Å². The van der Waals surface area contributed by atoms with E-state index in [1.165, 1.54) is 25.6 Å². The summed E-state index contributed by atoms with van der Waals surface area (Å²) in [5.41, 5.74) is 5.41. The fraction of sp³-hybridized carbons (Fsp3) is 0.500. The molecule has 0 bridgehead atoms. The fourth-order valence-corrected chi connectivity index (χ4v) is 2.59. The first kappa shape index (κ1) is 14.0. The van der Waals surface area contributed by atoms with Crippen molar-refractivity contribution in [2.24, 2.45) is 5.73 Å². The highest BCUT2D eigenvalue weighted by molar-refractivity contribution is 7.89. The van der Waals surface area contributed by atoms with Crippen molar-refractivity contribution >= 4 is 10.0 Å². The van der Waals surface area contributed by atoms with Crippen LogP contribution in [-0.4, -0.2) is 39.7 Å². The lowest BCUT2D eigenvalue weighted by Gasteiger charge is -2.16. The summed E-state index contributed by atoms with van der Waals surface area (Å²) in [4.78, 5) is 3.91. The van der Waals surface area contributed by atoms with Crippen LogP contribution in [0.5, 0.6) is 0 Å². The van der Waals surface area contributed by atoms with Crippen LogP contribution in [0.3, 0.4) is 0 Å². The molecule has 0 fully saturated rings. The average molecular weight is 259 g/mol. The predicted octanol–water partition coefficient (Wildman–Crippen LogP) is -0.276. The zero-order valence-electron chi connectivity index (χ0n) is 9.67. The number of hydrogen-bond acceptors (Lipinski definition) is 5. The van der Waals surface area contributed by atoms with E-state index in [0.717, 1.165) is 0 Å². The minimum absolute atomic E-state index is 0.137. The van der Waals surface area contributed by atoms with Crippen LogP contribution in [-0.2, 0) is 14.8 Å². The van der Waals surface area contributed by atoms with E-state index in [-0.39, 0.29) is 17.5 Å². The Morgan fingerprint density at radius 3 is 2.88 bits per heavy atom. The van der Waals surface area contributed by atoms with Gasteiger partial charge in [0.25, 0.3) is 0 Å². The molecule has 1 aromatic heterocycles. The molecule has 17 heavy (non-hydrogen) atoms. The fourth-order valence-electron chi connectivity index (χ4n) is 1.37. The van der Waals surface area contributed by atoms with Crippen molar-refractivity contribution in [3.63, 3.8) is 0 Å². The Hall–Kier alpha value is -1.02. The maximum Gasteiger partial charge on any atom is 0.242 e. The molecule has 0 saturated heterocycles. The molecule has 0 aliphatic heterocycles. The number of nitrogens with zero attached hydrogens (tertiary/aromatic N) is 1. The molecule has 0 amide bonds. The first-order valence-corrected chi connectivity index (χ1v) is 6.70. The van der Waals surface area contributed by atoms with Crippen molar-refractivity contribution in [2.75, 3.05) is 20.3 Å². The molecule has 0 aliphatic rings. The SMILES string of the molecule is COCC(CCN)NS(=O)(=O)c1cccnc1. The Balaban J connectivity index is 2.77. The Labute approximate surface area is 101 Å². The van der Waals surface area contributed by atoms with Gasteiger partial charge in [0.2, 0.25) is 10.0 Å². The van der Waals surface area contributed by atoms with Crippen LogP contribution in [0, 0.1) is 0 Å². The largest absolute Gasteiger partial charge is 0.383 e. The van der Waals surface area contributed by atoms with Gasteiger partial charge in [0.15, 0.2) is 0 Å². The summed E-state index contributed by atoms with van der Waals surface area (Å²) in [5, 5.41) is 0. The normalized spacial score (nSPS) is 13.5. The first-order valence-electron chi connectivity index (χ1n) is 5.21. The predicted molar refractivity (Wildman–Crippen MR) is 63.9 cm³/mol. The third-order valence-corrected chi connectivity index (χ3v) is 3.66. The second-order valence-corrected chi connectivity index (χ2v) is 5.25. The quantitative estimate of drug-likeness (QED) is 0.702. The molecular formula is C10H17N3O3S. The Kier molecular flexibility index (Phi) is 5.49. The highest BCUT2D eigenvalue weighted by atomic mass is 32.2. The average Bonchev–Trinajstić information content (AvgIpc) is 2.30. The second-order valence-electron chi connectivity index (χ2n) is 3.54. The molecule has 1 atom stereocenters. The number of methoxy groups -OCH3 is 1. The number of rotatable bonds is 7. The molecule has 0 radical (unpaired) electrons. The van der Waals surface area contributed by atoms with Gasteiger partial charge in [0, 0.05) is 25.5 Å². The van der Waals surface area contributed by atoms with Gasteiger partial charge in [-0.2, -0.15) is 0 Å². The number of aromatic nitrogens is 1. The van der Waals surface area contributed by atoms with Crippen molar-refractivity contribution < 1.29 is 13.2 Å². The zero-order valence-corrected chi connectivity index (χ0v) is 10.5. The lowest BCUT2D eigenvalue weighted by molar-refractivity contribution is 0.172. The third-order valence-electron chi connectivity index (χ3n) is 2.15. The van der Waals surface area contributed by atoms with E-state index in [0.29, 0.717) is 13.0 Å². The second kappa shape index (κ2) is 6.65. The number of pyridine rings is 1. The molecule has 0 aromatic carbocycles. The Morgan fingerprint density at radius 2 is 2.35 bits per heavy atom. The van der Waals surface area contributed by atoms with Gasteiger partial charge in [-0.15, -0.1) is 0 Å². The van der Waals surface area contributed by atoms with E-state index in [1.807, 2.05) is 0 Å².